The SMILES string of the molecule is CCc1nn(CC)c(CNc2ccc(I)cc2)c1Br. The third-order valence-electron chi connectivity index (χ3n) is 3.00. The van der Waals surface area contributed by atoms with E-state index in [2.05, 4.69) is 91.7 Å². The smallest absolute Gasteiger partial charge is 0.0767 e. The van der Waals surface area contributed by atoms with Crippen LogP contribution in [0.3, 0.4) is 0 Å². The molecule has 0 radical (unpaired) electrons. The Labute approximate surface area is 136 Å². The normalized spacial score (nSPS) is 10.7. The summed E-state index contributed by atoms with van der Waals surface area (Å²) in [6, 6.07) is 8.41. The molecule has 0 aliphatic carbocycles. The predicted molar refractivity (Wildman–Crippen MR) is 91.5 cm³/mol. The molecular weight excluding hydrogens is 417 g/mol. The summed E-state index contributed by atoms with van der Waals surface area (Å²) in [5.41, 5.74) is 3.47. The molecule has 0 fully saturated rings. The van der Waals surface area contributed by atoms with Crippen molar-refractivity contribution < 1.29 is 0 Å². The first-order valence-electron chi connectivity index (χ1n) is 6.39. The fourth-order valence-electron chi connectivity index (χ4n) is 1.94. The summed E-state index contributed by atoms with van der Waals surface area (Å²) in [4.78, 5) is 0. The van der Waals surface area contributed by atoms with Gasteiger partial charge in [-0.2, -0.15) is 5.10 Å². The molecule has 0 saturated heterocycles. The van der Waals surface area contributed by atoms with Gasteiger partial charge >= 0.3 is 0 Å². The number of benzene rings is 1. The quantitative estimate of drug-likeness (QED) is 0.706. The third-order valence-corrected chi connectivity index (χ3v) is 4.63. The Hall–Kier alpha value is -0.560. The van der Waals surface area contributed by atoms with E-state index in [1.807, 2.05) is 0 Å². The molecule has 0 spiro atoms. The number of anilines is 1. The van der Waals surface area contributed by atoms with Crippen molar-refractivity contribution in [2.45, 2.75) is 33.4 Å². The summed E-state index contributed by atoms with van der Waals surface area (Å²) >= 11 is 5.98. The maximum absolute atomic E-state index is 4.60. The van der Waals surface area contributed by atoms with Crippen LogP contribution in [0.15, 0.2) is 28.7 Å². The van der Waals surface area contributed by atoms with Gasteiger partial charge in [-0.05, 0) is 76.1 Å². The fourth-order valence-corrected chi connectivity index (χ4v) is 3.00. The van der Waals surface area contributed by atoms with Crippen molar-refractivity contribution in [3.63, 3.8) is 0 Å². The lowest BCUT2D eigenvalue weighted by molar-refractivity contribution is 0.619. The van der Waals surface area contributed by atoms with Crippen LogP contribution >= 0.6 is 38.5 Å². The number of nitrogens with one attached hydrogen (secondary N) is 1. The van der Waals surface area contributed by atoms with Crippen LogP contribution in [-0.2, 0) is 19.5 Å². The van der Waals surface area contributed by atoms with Crippen molar-refractivity contribution in [3.05, 3.63) is 43.7 Å². The van der Waals surface area contributed by atoms with Crippen LogP contribution in [0.2, 0.25) is 0 Å². The Kier molecular flexibility index (Phi) is 5.27. The Morgan fingerprint density at radius 2 is 1.95 bits per heavy atom. The average Bonchev–Trinajstić information content (AvgIpc) is 2.74. The van der Waals surface area contributed by atoms with E-state index in [-0.39, 0.29) is 0 Å². The van der Waals surface area contributed by atoms with Crippen LogP contribution in [0.4, 0.5) is 5.69 Å². The zero-order valence-corrected chi connectivity index (χ0v) is 14.8. The predicted octanol–water partition coefficient (Wildman–Crippen LogP) is 4.44. The van der Waals surface area contributed by atoms with Gasteiger partial charge in [0.05, 0.1) is 22.4 Å². The van der Waals surface area contributed by atoms with Crippen LogP contribution in [0.25, 0.3) is 0 Å². The molecule has 0 atom stereocenters. The molecule has 102 valence electrons. The number of hydrogen-bond acceptors (Lipinski definition) is 2. The summed E-state index contributed by atoms with van der Waals surface area (Å²) in [7, 11) is 0. The van der Waals surface area contributed by atoms with E-state index in [9.17, 15) is 0 Å². The van der Waals surface area contributed by atoms with Gasteiger partial charge in [-0.15, -0.1) is 0 Å². The van der Waals surface area contributed by atoms with Crippen LogP contribution in [-0.4, -0.2) is 9.78 Å². The van der Waals surface area contributed by atoms with Gasteiger partial charge in [0.2, 0.25) is 0 Å². The molecule has 0 bridgehead atoms. The van der Waals surface area contributed by atoms with Crippen molar-refractivity contribution in [2.24, 2.45) is 0 Å². The lowest BCUT2D eigenvalue weighted by atomic mass is 10.3. The van der Waals surface area contributed by atoms with Gasteiger partial charge in [-0.25, -0.2) is 0 Å². The lowest BCUT2D eigenvalue weighted by Gasteiger charge is -2.09. The van der Waals surface area contributed by atoms with Gasteiger partial charge in [0, 0.05) is 15.8 Å². The van der Waals surface area contributed by atoms with Crippen molar-refractivity contribution in [1.29, 1.82) is 0 Å². The van der Waals surface area contributed by atoms with Crippen molar-refractivity contribution in [1.82, 2.24) is 9.78 Å². The Balaban J connectivity index is 2.14. The van der Waals surface area contributed by atoms with Gasteiger partial charge in [0.1, 0.15) is 0 Å². The molecule has 1 aromatic carbocycles. The summed E-state index contributed by atoms with van der Waals surface area (Å²) in [5.74, 6) is 0. The highest BCUT2D eigenvalue weighted by atomic mass is 127. The molecule has 2 aromatic rings. The molecule has 1 heterocycles. The molecule has 1 N–H and O–H groups in total. The van der Waals surface area contributed by atoms with Gasteiger partial charge in [-0.3, -0.25) is 4.68 Å². The lowest BCUT2D eigenvalue weighted by Crippen LogP contribution is -2.08. The van der Waals surface area contributed by atoms with E-state index in [1.54, 1.807) is 0 Å². The van der Waals surface area contributed by atoms with E-state index in [4.69, 9.17) is 0 Å². The third kappa shape index (κ3) is 3.51. The van der Waals surface area contributed by atoms with Crippen LogP contribution in [0.1, 0.15) is 25.2 Å². The number of halogens is 2. The number of aromatic nitrogens is 2. The summed E-state index contributed by atoms with van der Waals surface area (Å²) < 4.78 is 4.44. The van der Waals surface area contributed by atoms with Gasteiger partial charge in [0.15, 0.2) is 0 Å². The molecule has 0 unspecified atom stereocenters. The second-order valence-corrected chi connectivity index (χ2v) is 6.28. The second kappa shape index (κ2) is 6.74. The largest absolute Gasteiger partial charge is 0.379 e. The molecule has 0 aliphatic rings. The summed E-state index contributed by atoms with van der Waals surface area (Å²) in [6.07, 6.45) is 0.949. The maximum Gasteiger partial charge on any atom is 0.0767 e. The van der Waals surface area contributed by atoms with E-state index >= 15 is 0 Å². The highest BCUT2D eigenvalue weighted by molar-refractivity contribution is 14.1. The molecule has 2 rings (SSSR count). The molecule has 0 saturated carbocycles. The molecule has 0 aliphatic heterocycles. The molecule has 1 aromatic heterocycles. The topological polar surface area (TPSA) is 29.9 Å². The van der Waals surface area contributed by atoms with E-state index < -0.39 is 0 Å². The van der Waals surface area contributed by atoms with Crippen LogP contribution < -0.4 is 5.32 Å². The zero-order chi connectivity index (χ0) is 13.8. The highest BCUT2D eigenvalue weighted by Crippen LogP contribution is 2.23. The maximum atomic E-state index is 4.60. The summed E-state index contributed by atoms with van der Waals surface area (Å²) in [5, 5.41) is 8.05. The van der Waals surface area contributed by atoms with Crippen LogP contribution in [0.5, 0.6) is 0 Å². The Morgan fingerprint density at radius 3 is 2.53 bits per heavy atom. The van der Waals surface area contributed by atoms with Crippen molar-refractivity contribution in [3.8, 4) is 0 Å². The van der Waals surface area contributed by atoms with Gasteiger partial charge < -0.3 is 5.32 Å². The second-order valence-electron chi connectivity index (χ2n) is 4.24. The Bertz CT molecular complexity index is 549. The minimum Gasteiger partial charge on any atom is -0.379 e. The molecule has 19 heavy (non-hydrogen) atoms. The van der Waals surface area contributed by atoms with Crippen molar-refractivity contribution >= 4 is 44.2 Å². The number of aryl methyl sites for hydroxylation is 2. The van der Waals surface area contributed by atoms with Gasteiger partial charge in [0.25, 0.3) is 0 Å². The minimum atomic E-state index is 0.780. The van der Waals surface area contributed by atoms with Crippen LogP contribution in [0, 0.1) is 3.57 Å². The van der Waals surface area contributed by atoms with E-state index in [0.29, 0.717) is 0 Å². The number of rotatable bonds is 5. The molecule has 5 heteroatoms. The standard InChI is InChI=1S/C14H17BrIN3/c1-3-12-14(15)13(19(4-2)18-12)9-17-11-7-5-10(16)6-8-11/h5-8,17H,3-4,9H2,1-2H3. The zero-order valence-electron chi connectivity index (χ0n) is 11.1. The highest BCUT2D eigenvalue weighted by Gasteiger charge is 2.13. The fraction of sp³-hybridized carbons (Fsp3) is 0.357. The van der Waals surface area contributed by atoms with E-state index in [1.165, 1.54) is 9.26 Å². The molecule has 0 amide bonds. The monoisotopic (exact) mass is 433 g/mol. The molecule has 3 nitrogen and oxygen atoms in total. The Morgan fingerprint density at radius 1 is 1.26 bits per heavy atom. The first kappa shape index (κ1) is 14.8. The number of nitrogens with zero attached hydrogens (tertiary/aromatic N) is 2. The van der Waals surface area contributed by atoms with E-state index in [0.717, 1.165) is 35.4 Å². The molecular formula is C14H17BrIN3. The van der Waals surface area contributed by atoms with Crippen molar-refractivity contribution in [2.75, 3.05) is 5.32 Å². The van der Waals surface area contributed by atoms with Gasteiger partial charge in [-0.1, -0.05) is 6.92 Å². The first-order valence-corrected chi connectivity index (χ1v) is 8.26. The summed E-state index contributed by atoms with van der Waals surface area (Å²) in [6.45, 7) is 5.92. The number of hydrogen-bond donors (Lipinski definition) is 1. The first-order chi connectivity index (χ1) is 9.15. The minimum absolute atomic E-state index is 0.780. The average molecular weight is 434 g/mol.